The van der Waals surface area contributed by atoms with E-state index in [1.807, 2.05) is 42.5 Å². The lowest BCUT2D eigenvalue weighted by atomic mass is 9.79. The fourth-order valence-corrected chi connectivity index (χ4v) is 4.63. The van der Waals surface area contributed by atoms with Gasteiger partial charge in [0.15, 0.2) is 5.78 Å². The van der Waals surface area contributed by atoms with Crippen molar-refractivity contribution in [3.8, 4) is 5.75 Å². The number of phenols is 1. The molecule has 2 aliphatic carbocycles. The van der Waals surface area contributed by atoms with Crippen LogP contribution >= 0.6 is 11.6 Å². The number of carbonyl (C=O) groups is 2. The first-order valence-corrected chi connectivity index (χ1v) is 11.7. The van der Waals surface area contributed by atoms with Gasteiger partial charge in [-0.15, -0.1) is 0 Å². The van der Waals surface area contributed by atoms with Crippen LogP contribution in [0, 0.1) is 5.92 Å². The molecule has 3 aromatic carbocycles. The summed E-state index contributed by atoms with van der Waals surface area (Å²) in [7, 11) is 0. The van der Waals surface area contributed by atoms with Crippen LogP contribution in [0.1, 0.15) is 45.5 Å². The first kappa shape index (κ1) is 22.2. The highest BCUT2D eigenvalue weighted by molar-refractivity contribution is 6.32. The van der Waals surface area contributed by atoms with Crippen LogP contribution in [-0.2, 0) is 24.2 Å². The number of hydrogen-bond acceptors (Lipinski definition) is 4. The molecule has 0 radical (unpaired) electrons. The summed E-state index contributed by atoms with van der Waals surface area (Å²) < 4.78 is 5.36. The van der Waals surface area contributed by atoms with Crippen LogP contribution in [0.2, 0.25) is 5.02 Å². The van der Waals surface area contributed by atoms with Crippen LogP contribution in [0.25, 0.3) is 5.57 Å². The fourth-order valence-electron chi connectivity index (χ4n) is 4.39. The van der Waals surface area contributed by atoms with Gasteiger partial charge in [0.25, 0.3) is 0 Å². The number of aryl methyl sites for hydroxylation is 1. The second-order valence-corrected chi connectivity index (χ2v) is 9.20. The lowest BCUT2D eigenvalue weighted by molar-refractivity contribution is 0.0901. The molecule has 0 aromatic heterocycles. The number of ether oxygens (including phenoxy) is 1. The molecule has 1 amide bonds. The van der Waals surface area contributed by atoms with Crippen LogP contribution in [0.4, 0.5) is 10.5 Å². The maximum atomic E-state index is 12.8. The summed E-state index contributed by atoms with van der Waals surface area (Å²) in [6, 6.07) is 18.1. The number of rotatable bonds is 6. The summed E-state index contributed by atoms with van der Waals surface area (Å²) in [5, 5.41) is 13.1. The molecule has 2 aliphatic rings. The number of fused-ring (bicyclic) bond motifs is 1. The molecule has 3 aromatic rings. The number of allylic oxidation sites excluding steroid dienone is 2. The second kappa shape index (κ2) is 9.35. The molecule has 0 saturated heterocycles. The third-order valence-corrected chi connectivity index (χ3v) is 6.65. The number of phenolic OH excluding ortho intramolecular Hbond substituents is 1. The molecule has 0 heterocycles. The number of aromatic hydroxyl groups is 1. The monoisotopic (exact) mass is 473 g/mol. The van der Waals surface area contributed by atoms with E-state index in [0.717, 1.165) is 41.5 Å². The zero-order valence-electron chi connectivity index (χ0n) is 18.5. The summed E-state index contributed by atoms with van der Waals surface area (Å²) in [6.07, 6.45) is 4.70. The third kappa shape index (κ3) is 5.00. The summed E-state index contributed by atoms with van der Waals surface area (Å²) >= 11 is 6.22. The van der Waals surface area contributed by atoms with E-state index in [4.69, 9.17) is 16.3 Å². The predicted molar refractivity (Wildman–Crippen MR) is 132 cm³/mol. The molecule has 172 valence electrons. The van der Waals surface area contributed by atoms with Crippen LogP contribution in [0.15, 0.2) is 66.7 Å². The maximum absolute atomic E-state index is 12.8. The number of halogens is 1. The lowest BCUT2D eigenvalue weighted by Crippen LogP contribution is -2.24. The van der Waals surface area contributed by atoms with E-state index in [-0.39, 0.29) is 24.1 Å². The Labute approximate surface area is 203 Å². The number of Topliss-reactive ketones (excluding diaryl/α,β-unsaturated/α-hetero) is 1. The number of benzene rings is 3. The Kier molecular flexibility index (Phi) is 6.12. The van der Waals surface area contributed by atoms with E-state index in [0.29, 0.717) is 22.7 Å². The second-order valence-electron chi connectivity index (χ2n) is 8.79. The molecule has 6 heteroatoms. The molecule has 5 rings (SSSR count). The van der Waals surface area contributed by atoms with Crippen molar-refractivity contribution in [3.05, 3.63) is 99.6 Å². The smallest absolute Gasteiger partial charge is 0.411 e. The van der Waals surface area contributed by atoms with E-state index in [9.17, 15) is 14.7 Å². The van der Waals surface area contributed by atoms with Crippen molar-refractivity contribution in [2.45, 2.75) is 32.3 Å². The van der Waals surface area contributed by atoms with Crippen molar-refractivity contribution in [3.63, 3.8) is 0 Å². The number of ketones is 1. The summed E-state index contributed by atoms with van der Waals surface area (Å²) in [5.74, 6) is 0.229. The van der Waals surface area contributed by atoms with Gasteiger partial charge in [-0.2, -0.15) is 0 Å². The SMILES string of the molecule is O=C(Nc1ccc(CC2CCc3cc(O)ccc3C2=O)cc1)OCc1ccc(Cl)c(C2=CC2)c1. The molecule has 1 unspecified atom stereocenters. The predicted octanol–water partition coefficient (Wildman–Crippen LogP) is 6.57. The van der Waals surface area contributed by atoms with E-state index < -0.39 is 6.09 Å². The Bertz CT molecular complexity index is 1300. The Morgan fingerprint density at radius 3 is 2.56 bits per heavy atom. The molecule has 34 heavy (non-hydrogen) atoms. The molecule has 0 fully saturated rings. The zero-order chi connectivity index (χ0) is 23.7. The molecular formula is C28H24ClNO4. The zero-order valence-corrected chi connectivity index (χ0v) is 19.3. The van der Waals surface area contributed by atoms with E-state index >= 15 is 0 Å². The molecule has 0 bridgehead atoms. The third-order valence-electron chi connectivity index (χ3n) is 6.32. The van der Waals surface area contributed by atoms with Gasteiger partial charge < -0.3 is 9.84 Å². The highest BCUT2D eigenvalue weighted by Gasteiger charge is 2.27. The highest BCUT2D eigenvalue weighted by Crippen LogP contribution is 2.36. The standard InChI is InChI=1S/C28H24ClNO4/c29-26-12-3-18(14-25(26)19-4-5-19)16-34-28(33)30-22-8-1-17(2-9-22)13-21-7-6-20-15-23(31)10-11-24(20)27(21)32/h1-4,8-12,14-15,21,31H,5-7,13,16H2,(H,30,33). The molecule has 5 nitrogen and oxygen atoms in total. The Balaban J connectivity index is 1.14. The van der Waals surface area contributed by atoms with Crippen molar-refractivity contribution >= 4 is 34.7 Å². The topological polar surface area (TPSA) is 75.6 Å². The van der Waals surface area contributed by atoms with Gasteiger partial charge in [-0.1, -0.05) is 35.9 Å². The van der Waals surface area contributed by atoms with Crippen LogP contribution in [-0.4, -0.2) is 17.0 Å². The highest BCUT2D eigenvalue weighted by atomic mass is 35.5. The van der Waals surface area contributed by atoms with Crippen molar-refractivity contribution in [1.29, 1.82) is 0 Å². The van der Waals surface area contributed by atoms with Gasteiger partial charge in [-0.05, 0) is 96.0 Å². The van der Waals surface area contributed by atoms with E-state index in [1.165, 1.54) is 5.57 Å². The first-order chi connectivity index (χ1) is 16.5. The van der Waals surface area contributed by atoms with Gasteiger partial charge >= 0.3 is 6.09 Å². The van der Waals surface area contributed by atoms with E-state index in [1.54, 1.807) is 18.2 Å². The Morgan fingerprint density at radius 1 is 1.03 bits per heavy atom. The fraction of sp³-hybridized carbons (Fsp3) is 0.214. The van der Waals surface area contributed by atoms with Gasteiger partial charge in [0.05, 0.1) is 0 Å². The quantitative estimate of drug-likeness (QED) is 0.424. The minimum atomic E-state index is -0.530. The Morgan fingerprint density at radius 2 is 1.79 bits per heavy atom. The average molecular weight is 474 g/mol. The van der Waals surface area contributed by atoms with Gasteiger partial charge in [-0.25, -0.2) is 4.79 Å². The van der Waals surface area contributed by atoms with Crippen molar-refractivity contribution in [1.82, 2.24) is 0 Å². The molecular weight excluding hydrogens is 450 g/mol. The number of hydrogen-bond donors (Lipinski definition) is 2. The van der Waals surface area contributed by atoms with Gasteiger partial charge in [0.2, 0.25) is 0 Å². The molecule has 0 spiro atoms. The number of anilines is 1. The minimum absolute atomic E-state index is 0.0866. The molecule has 1 atom stereocenters. The van der Waals surface area contributed by atoms with Crippen molar-refractivity contribution < 1.29 is 19.4 Å². The molecule has 2 N–H and O–H groups in total. The summed E-state index contributed by atoms with van der Waals surface area (Å²) in [6.45, 7) is 0.157. The largest absolute Gasteiger partial charge is 0.508 e. The minimum Gasteiger partial charge on any atom is -0.508 e. The number of nitrogens with one attached hydrogen (secondary N) is 1. The Hall–Kier alpha value is -3.57. The lowest BCUT2D eigenvalue weighted by Gasteiger charge is -2.23. The van der Waals surface area contributed by atoms with Crippen LogP contribution in [0.5, 0.6) is 5.75 Å². The molecule has 0 saturated carbocycles. The summed E-state index contributed by atoms with van der Waals surface area (Å²) in [4.78, 5) is 25.1. The van der Waals surface area contributed by atoms with Gasteiger partial charge in [0, 0.05) is 22.2 Å². The van der Waals surface area contributed by atoms with E-state index in [2.05, 4.69) is 11.4 Å². The van der Waals surface area contributed by atoms with Crippen LogP contribution in [0.3, 0.4) is 0 Å². The number of amides is 1. The van der Waals surface area contributed by atoms with Gasteiger partial charge in [-0.3, -0.25) is 10.1 Å². The first-order valence-electron chi connectivity index (χ1n) is 11.3. The average Bonchev–Trinajstić information content (AvgIpc) is 3.67. The number of carbonyl (C=O) groups excluding carboxylic acids is 2. The summed E-state index contributed by atoms with van der Waals surface area (Å²) in [5.41, 5.74) is 6.38. The normalized spacial score (nSPS) is 16.4. The van der Waals surface area contributed by atoms with Crippen LogP contribution < -0.4 is 5.32 Å². The maximum Gasteiger partial charge on any atom is 0.411 e. The van der Waals surface area contributed by atoms with Gasteiger partial charge in [0.1, 0.15) is 12.4 Å². The van der Waals surface area contributed by atoms with Crippen molar-refractivity contribution in [2.75, 3.05) is 5.32 Å². The van der Waals surface area contributed by atoms with Crippen molar-refractivity contribution in [2.24, 2.45) is 5.92 Å². The molecule has 0 aliphatic heterocycles.